The molecule has 2 aromatic heterocycles. The van der Waals surface area contributed by atoms with E-state index in [-0.39, 0.29) is 0 Å². The van der Waals surface area contributed by atoms with Crippen LogP contribution < -0.4 is 0 Å². The SMILES string of the molecule is Cc1ccc(-c2nc3nccc(-c4ccccc4Cl)n3n2)cc1. The Kier molecular flexibility index (Phi) is 3.32. The Balaban J connectivity index is 1.91. The van der Waals surface area contributed by atoms with Gasteiger partial charge in [-0.2, -0.15) is 9.50 Å². The number of nitrogens with zero attached hydrogens (tertiary/aromatic N) is 4. The van der Waals surface area contributed by atoms with Gasteiger partial charge in [0.05, 0.1) is 5.69 Å². The van der Waals surface area contributed by atoms with Crippen molar-refractivity contribution in [3.8, 4) is 22.6 Å². The molecule has 0 fully saturated rings. The van der Waals surface area contributed by atoms with E-state index in [9.17, 15) is 0 Å². The van der Waals surface area contributed by atoms with E-state index in [0.717, 1.165) is 16.8 Å². The second kappa shape index (κ2) is 5.48. The van der Waals surface area contributed by atoms with Gasteiger partial charge in [-0.25, -0.2) is 4.98 Å². The number of aromatic nitrogens is 4. The van der Waals surface area contributed by atoms with Crippen LogP contribution in [0.25, 0.3) is 28.4 Å². The first-order valence-electron chi connectivity index (χ1n) is 7.26. The summed E-state index contributed by atoms with van der Waals surface area (Å²) in [5, 5.41) is 5.29. The lowest BCUT2D eigenvalue weighted by Crippen LogP contribution is -1.96. The third-order valence-corrected chi connectivity index (χ3v) is 4.03. The van der Waals surface area contributed by atoms with Crippen LogP contribution in [0.15, 0.2) is 60.8 Å². The summed E-state index contributed by atoms with van der Waals surface area (Å²) >= 11 is 6.32. The third-order valence-electron chi connectivity index (χ3n) is 3.70. The van der Waals surface area contributed by atoms with Gasteiger partial charge in [0, 0.05) is 22.3 Å². The first kappa shape index (κ1) is 13.9. The Bertz CT molecular complexity index is 990. The van der Waals surface area contributed by atoms with Crippen LogP contribution in [0.5, 0.6) is 0 Å². The molecule has 0 saturated heterocycles. The summed E-state index contributed by atoms with van der Waals surface area (Å²) in [5.74, 6) is 1.20. The molecule has 0 atom stereocenters. The van der Waals surface area contributed by atoms with Gasteiger partial charge in [-0.3, -0.25) is 0 Å². The monoisotopic (exact) mass is 320 g/mol. The van der Waals surface area contributed by atoms with Crippen LogP contribution >= 0.6 is 11.6 Å². The van der Waals surface area contributed by atoms with Crippen molar-refractivity contribution in [2.75, 3.05) is 0 Å². The average Bonchev–Trinajstić information content (AvgIpc) is 3.00. The van der Waals surface area contributed by atoms with Crippen LogP contribution in [-0.2, 0) is 0 Å². The van der Waals surface area contributed by atoms with Crippen molar-refractivity contribution in [2.24, 2.45) is 0 Å². The van der Waals surface area contributed by atoms with E-state index >= 15 is 0 Å². The first-order valence-corrected chi connectivity index (χ1v) is 7.64. The Labute approximate surface area is 138 Å². The van der Waals surface area contributed by atoms with Crippen molar-refractivity contribution in [1.82, 2.24) is 19.6 Å². The number of hydrogen-bond donors (Lipinski definition) is 0. The van der Waals surface area contributed by atoms with Crippen molar-refractivity contribution in [1.29, 1.82) is 0 Å². The number of fused-ring (bicyclic) bond motifs is 1. The fraction of sp³-hybridized carbons (Fsp3) is 0.0556. The Morgan fingerprint density at radius 2 is 1.74 bits per heavy atom. The van der Waals surface area contributed by atoms with Crippen LogP contribution in [0.2, 0.25) is 5.02 Å². The summed E-state index contributed by atoms with van der Waals surface area (Å²) in [7, 11) is 0. The highest BCUT2D eigenvalue weighted by Crippen LogP contribution is 2.28. The van der Waals surface area contributed by atoms with E-state index in [1.54, 1.807) is 10.7 Å². The predicted molar refractivity (Wildman–Crippen MR) is 91.4 cm³/mol. The van der Waals surface area contributed by atoms with Crippen LogP contribution in [-0.4, -0.2) is 19.6 Å². The van der Waals surface area contributed by atoms with E-state index in [1.807, 2.05) is 54.6 Å². The van der Waals surface area contributed by atoms with Crippen molar-refractivity contribution in [3.63, 3.8) is 0 Å². The van der Waals surface area contributed by atoms with Crippen molar-refractivity contribution < 1.29 is 0 Å². The topological polar surface area (TPSA) is 43.1 Å². The molecule has 2 heterocycles. The smallest absolute Gasteiger partial charge is 0.220 e. The molecule has 0 unspecified atom stereocenters. The standard InChI is InChI=1S/C18H13ClN4/c1-12-6-8-13(9-7-12)17-21-18-20-11-10-16(23(18)22-17)14-4-2-3-5-15(14)19/h2-11H,1H3. The zero-order chi connectivity index (χ0) is 15.8. The average molecular weight is 321 g/mol. The maximum absolute atomic E-state index is 6.32. The van der Waals surface area contributed by atoms with Crippen LogP contribution in [0.3, 0.4) is 0 Å². The summed E-state index contributed by atoms with van der Waals surface area (Å²) in [4.78, 5) is 8.83. The van der Waals surface area contributed by atoms with E-state index < -0.39 is 0 Å². The fourth-order valence-corrected chi connectivity index (χ4v) is 2.72. The minimum absolute atomic E-state index is 0.554. The van der Waals surface area contributed by atoms with Gasteiger partial charge in [0.25, 0.3) is 5.78 Å². The molecule has 112 valence electrons. The van der Waals surface area contributed by atoms with Crippen molar-refractivity contribution in [3.05, 3.63) is 71.4 Å². The Hall–Kier alpha value is -2.72. The van der Waals surface area contributed by atoms with Gasteiger partial charge in [0.2, 0.25) is 0 Å². The third kappa shape index (κ3) is 2.47. The summed E-state index contributed by atoms with van der Waals surface area (Å²) in [6.45, 7) is 2.05. The fourth-order valence-electron chi connectivity index (χ4n) is 2.49. The van der Waals surface area contributed by atoms with Gasteiger partial charge in [0.1, 0.15) is 0 Å². The molecule has 4 rings (SSSR count). The molecule has 23 heavy (non-hydrogen) atoms. The molecule has 5 heteroatoms. The predicted octanol–water partition coefficient (Wildman–Crippen LogP) is 4.42. The number of halogens is 1. The molecule has 2 aromatic carbocycles. The Morgan fingerprint density at radius 1 is 0.957 bits per heavy atom. The van der Waals surface area contributed by atoms with E-state index in [2.05, 4.69) is 22.0 Å². The van der Waals surface area contributed by atoms with Gasteiger partial charge < -0.3 is 0 Å². The summed E-state index contributed by atoms with van der Waals surface area (Å²) in [6, 6.07) is 17.7. The highest BCUT2D eigenvalue weighted by Gasteiger charge is 2.12. The molecule has 0 radical (unpaired) electrons. The van der Waals surface area contributed by atoms with E-state index in [1.165, 1.54) is 5.56 Å². The minimum atomic E-state index is 0.554. The number of aryl methyl sites for hydroxylation is 1. The molecule has 0 aliphatic carbocycles. The first-order chi connectivity index (χ1) is 11.2. The van der Waals surface area contributed by atoms with E-state index in [4.69, 9.17) is 11.6 Å². The summed E-state index contributed by atoms with van der Waals surface area (Å²) in [6.07, 6.45) is 1.72. The molecule has 0 N–H and O–H groups in total. The zero-order valence-corrected chi connectivity index (χ0v) is 13.2. The van der Waals surface area contributed by atoms with Gasteiger partial charge in [-0.05, 0) is 19.1 Å². The summed E-state index contributed by atoms with van der Waals surface area (Å²) in [5.41, 5.74) is 3.94. The van der Waals surface area contributed by atoms with Gasteiger partial charge in [-0.15, -0.1) is 5.10 Å². The lowest BCUT2D eigenvalue weighted by atomic mass is 10.1. The molecule has 4 nitrogen and oxygen atoms in total. The largest absolute Gasteiger partial charge is 0.253 e. The molecule has 4 aromatic rings. The van der Waals surface area contributed by atoms with Crippen LogP contribution in [0, 0.1) is 6.92 Å². The second-order valence-corrected chi connectivity index (χ2v) is 5.73. The van der Waals surface area contributed by atoms with E-state index in [0.29, 0.717) is 16.6 Å². The second-order valence-electron chi connectivity index (χ2n) is 5.32. The van der Waals surface area contributed by atoms with Gasteiger partial charge in [0.15, 0.2) is 5.82 Å². The maximum atomic E-state index is 6.32. The molecule has 0 spiro atoms. The van der Waals surface area contributed by atoms with Crippen molar-refractivity contribution in [2.45, 2.75) is 6.92 Å². The minimum Gasteiger partial charge on any atom is -0.220 e. The lowest BCUT2D eigenvalue weighted by Gasteiger charge is -2.05. The molecule has 0 bridgehead atoms. The zero-order valence-electron chi connectivity index (χ0n) is 12.4. The highest BCUT2D eigenvalue weighted by atomic mass is 35.5. The van der Waals surface area contributed by atoms with Gasteiger partial charge in [-0.1, -0.05) is 59.6 Å². The number of hydrogen-bond acceptors (Lipinski definition) is 3. The number of rotatable bonds is 2. The van der Waals surface area contributed by atoms with Crippen LogP contribution in [0.1, 0.15) is 5.56 Å². The summed E-state index contributed by atoms with van der Waals surface area (Å²) < 4.78 is 1.73. The normalized spacial score (nSPS) is 11.0. The Morgan fingerprint density at radius 3 is 2.52 bits per heavy atom. The molecular weight excluding hydrogens is 308 g/mol. The van der Waals surface area contributed by atoms with Crippen LogP contribution in [0.4, 0.5) is 0 Å². The lowest BCUT2D eigenvalue weighted by molar-refractivity contribution is 0.951. The molecule has 0 aliphatic heterocycles. The molecular formula is C18H13ClN4. The molecule has 0 saturated carbocycles. The number of benzene rings is 2. The van der Waals surface area contributed by atoms with Gasteiger partial charge >= 0.3 is 0 Å². The highest BCUT2D eigenvalue weighted by molar-refractivity contribution is 6.33. The molecule has 0 aliphatic rings. The molecule has 0 amide bonds. The maximum Gasteiger partial charge on any atom is 0.253 e. The van der Waals surface area contributed by atoms with Crippen molar-refractivity contribution >= 4 is 17.4 Å². The quantitative estimate of drug-likeness (QED) is 0.549.